The molecule has 176 valence electrons. The maximum Gasteiger partial charge on any atom is 0.421 e. The molecule has 9 heteroatoms. The van der Waals surface area contributed by atoms with Crippen LogP contribution in [0.25, 0.3) is 0 Å². The van der Waals surface area contributed by atoms with Crippen LogP contribution in [0, 0.1) is 26.7 Å². The van der Waals surface area contributed by atoms with Crippen molar-refractivity contribution in [2.45, 2.75) is 65.5 Å². The summed E-state index contributed by atoms with van der Waals surface area (Å²) in [5.41, 5.74) is 4.08. The second-order valence-corrected chi connectivity index (χ2v) is 9.12. The van der Waals surface area contributed by atoms with Crippen LogP contribution in [0.3, 0.4) is 0 Å². The van der Waals surface area contributed by atoms with Gasteiger partial charge in [0, 0.05) is 23.6 Å². The van der Waals surface area contributed by atoms with Crippen molar-refractivity contribution in [1.82, 2.24) is 20.2 Å². The molecule has 0 atom stereocenters. The van der Waals surface area contributed by atoms with E-state index in [4.69, 9.17) is 0 Å². The molecule has 2 aromatic heterocycles. The monoisotopic (exact) mass is 458 g/mol. The van der Waals surface area contributed by atoms with E-state index in [1.165, 1.54) is 36.8 Å². The molecule has 1 saturated carbocycles. The number of hydrogen-bond donors (Lipinski definition) is 3. The Bertz CT molecular complexity index is 1130. The summed E-state index contributed by atoms with van der Waals surface area (Å²) in [7, 11) is 0. The number of anilines is 4. The molecule has 0 bridgehead atoms. The third kappa shape index (κ3) is 5.29. The van der Waals surface area contributed by atoms with Crippen LogP contribution in [0.15, 0.2) is 24.4 Å². The second kappa shape index (κ2) is 9.03. The molecule has 0 saturated heterocycles. The smallest absolute Gasteiger partial charge is 0.324 e. The molecule has 1 aliphatic carbocycles. The Kier molecular flexibility index (Phi) is 6.32. The number of alkyl halides is 3. The molecule has 0 amide bonds. The highest BCUT2D eigenvalue weighted by molar-refractivity contribution is 5.64. The molecular formula is C24H29F3N6. The lowest BCUT2D eigenvalue weighted by atomic mass is 9.78. The number of benzene rings is 1. The summed E-state index contributed by atoms with van der Waals surface area (Å²) in [5, 5.41) is 12.4. The molecule has 4 rings (SSSR count). The van der Waals surface area contributed by atoms with Crippen molar-refractivity contribution in [3.05, 3.63) is 52.3 Å². The van der Waals surface area contributed by atoms with E-state index < -0.39 is 11.7 Å². The quantitative estimate of drug-likeness (QED) is 0.387. The van der Waals surface area contributed by atoms with Crippen LogP contribution in [0.4, 0.5) is 36.4 Å². The average molecular weight is 459 g/mol. The van der Waals surface area contributed by atoms with Gasteiger partial charge >= 0.3 is 6.18 Å². The van der Waals surface area contributed by atoms with Crippen molar-refractivity contribution in [2.24, 2.45) is 5.92 Å². The van der Waals surface area contributed by atoms with Gasteiger partial charge in [0.2, 0.25) is 5.95 Å². The van der Waals surface area contributed by atoms with Gasteiger partial charge in [-0.2, -0.15) is 23.3 Å². The van der Waals surface area contributed by atoms with E-state index >= 15 is 0 Å². The van der Waals surface area contributed by atoms with Crippen LogP contribution in [0.1, 0.15) is 66.5 Å². The van der Waals surface area contributed by atoms with Crippen molar-refractivity contribution >= 4 is 23.3 Å². The van der Waals surface area contributed by atoms with E-state index in [2.05, 4.69) is 50.7 Å². The Morgan fingerprint density at radius 1 is 0.970 bits per heavy atom. The van der Waals surface area contributed by atoms with Gasteiger partial charge in [-0.15, -0.1) is 0 Å². The Morgan fingerprint density at radius 3 is 2.33 bits per heavy atom. The highest BCUT2D eigenvalue weighted by Crippen LogP contribution is 2.39. The minimum Gasteiger partial charge on any atom is -0.324 e. The van der Waals surface area contributed by atoms with Gasteiger partial charge in [0.25, 0.3) is 0 Å². The van der Waals surface area contributed by atoms with Gasteiger partial charge in [-0.3, -0.25) is 5.10 Å². The number of hydrogen-bond acceptors (Lipinski definition) is 5. The first-order chi connectivity index (χ1) is 15.6. The molecule has 33 heavy (non-hydrogen) atoms. The summed E-state index contributed by atoms with van der Waals surface area (Å²) in [6.07, 6.45) is 1.06. The number of aryl methyl sites for hydroxylation is 3. The fourth-order valence-corrected chi connectivity index (χ4v) is 4.45. The molecule has 3 aromatic rings. The highest BCUT2D eigenvalue weighted by atomic mass is 19.4. The van der Waals surface area contributed by atoms with E-state index in [0.717, 1.165) is 29.1 Å². The molecule has 0 radical (unpaired) electrons. The Balaban J connectivity index is 1.60. The van der Waals surface area contributed by atoms with Gasteiger partial charge in [0.1, 0.15) is 11.4 Å². The predicted octanol–water partition coefficient (Wildman–Crippen LogP) is 6.92. The maximum atomic E-state index is 13.5. The summed E-state index contributed by atoms with van der Waals surface area (Å²) in [6.45, 7) is 8.14. The maximum absolute atomic E-state index is 13.5. The lowest BCUT2D eigenvalue weighted by Crippen LogP contribution is -2.13. The highest BCUT2D eigenvalue weighted by Gasteiger charge is 2.35. The van der Waals surface area contributed by atoms with Crippen LogP contribution in [0.5, 0.6) is 0 Å². The van der Waals surface area contributed by atoms with Crippen molar-refractivity contribution in [2.75, 3.05) is 10.6 Å². The van der Waals surface area contributed by atoms with Gasteiger partial charge in [0.15, 0.2) is 5.82 Å². The van der Waals surface area contributed by atoms with Gasteiger partial charge < -0.3 is 10.6 Å². The summed E-state index contributed by atoms with van der Waals surface area (Å²) in [5.74, 6) is 1.33. The molecule has 1 aromatic carbocycles. The van der Waals surface area contributed by atoms with Crippen molar-refractivity contribution in [3.63, 3.8) is 0 Å². The minimum absolute atomic E-state index is 0.0829. The van der Waals surface area contributed by atoms with E-state index in [1.54, 1.807) is 13.0 Å². The number of rotatable bonds is 5. The van der Waals surface area contributed by atoms with Gasteiger partial charge in [0.05, 0.1) is 0 Å². The van der Waals surface area contributed by atoms with Crippen LogP contribution < -0.4 is 10.6 Å². The first-order valence-electron chi connectivity index (χ1n) is 11.2. The topological polar surface area (TPSA) is 78.5 Å². The zero-order valence-electron chi connectivity index (χ0n) is 19.3. The normalized spacial score (nSPS) is 18.9. The Hall–Kier alpha value is -3.10. The first-order valence-corrected chi connectivity index (χ1v) is 11.2. The number of aromatic nitrogens is 4. The fraction of sp³-hybridized carbons (Fsp3) is 0.458. The number of nitrogens with zero attached hydrogens (tertiary/aromatic N) is 3. The van der Waals surface area contributed by atoms with Crippen LogP contribution in [0.2, 0.25) is 0 Å². The van der Waals surface area contributed by atoms with E-state index in [9.17, 15) is 13.2 Å². The number of aromatic amines is 1. The van der Waals surface area contributed by atoms with E-state index in [-0.39, 0.29) is 17.6 Å². The summed E-state index contributed by atoms with van der Waals surface area (Å²) >= 11 is 0. The third-order valence-corrected chi connectivity index (χ3v) is 6.36. The molecule has 1 aliphatic rings. The number of H-pyrrole nitrogens is 1. The van der Waals surface area contributed by atoms with Crippen LogP contribution in [-0.4, -0.2) is 20.2 Å². The first kappa shape index (κ1) is 23.1. The van der Waals surface area contributed by atoms with E-state index in [1.807, 2.05) is 13.0 Å². The third-order valence-electron chi connectivity index (χ3n) is 6.36. The van der Waals surface area contributed by atoms with Gasteiger partial charge in [-0.1, -0.05) is 25.8 Å². The summed E-state index contributed by atoms with van der Waals surface area (Å²) < 4.78 is 40.5. The molecule has 0 aliphatic heterocycles. The largest absolute Gasteiger partial charge is 0.421 e. The van der Waals surface area contributed by atoms with Gasteiger partial charge in [-0.25, -0.2) is 4.98 Å². The predicted molar refractivity (Wildman–Crippen MR) is 123 cm³/mol. The van der Waals surface area contributed by atoms with Crippen molar-refractivity contribution in [3.8, 4) is 0 Å². The molecular weight excluding hydrogens is 429 g/mol. The zero-order valence-corrected chi connectivity index (χ0v) is 19.3. The van der Waals surface area contributed by atoms with Crippen molar-refractivity contribution < 1.29 is 13.2 Å². The van der Waals surface area contributed by atoms with E-state index in [0.29, 0.717) is 5.92 Å². The SMILES string of the molecule is Cc1cc(Nc2nc(Nc3cc(C)c([C@H]4CC[C@H](C)CC4)cc3C)ncc2C(F)(F)F)n[nH]1. The summed E-state index contributed by atoms with van der Waals surface area (Å²) in [4.78, 5) is 8.05. The van der Waals surface area contributed by atoms with Crippen molar-refractivity contribution in [1.29, 1.82) is 0 Å². The fourth-order valence-electron chi connectivity index (χ4n) is 4.45. The van der Waals surface area contributed by atoms with Gasteiger partial charge in [-0.05, 0) is 68.2 Å². The Morgan fingerprint density at radius 2 is 1.70 bits per heavy atom. The Labute approximate surface area is 191 Å². The second-order valence-electron chi connectivity index (χ2n) is 9.12. The number of nitrogens with one attached hydrogen (secondary N) is 3. The zero-order chi connectivity index (χ0) is 23.8. The van der Waals surface area contributed by atoms with Crippen LogP contribution in [-0.2, 0) is 6.18 Å². The molecule has 3 N–H and O–H groups in total. The molecule has 2 heterocycles. The molecule has 0 unspecified atom stereocenters. The lowest BCUT2D eigenvalue weighted by molar-refractivity contribution is -0.137. The molecule has 1 fully saturated rings. The molecule has 6 nitrogen and oxygen atoms in total. The summed E-state index contributed by atoms with van der Waals surface area (Å²) in [6, 6.07) is 5.83. The van der Waals surface area contributed by atoms with Crippen LogP contribution >= 0.6 is 0 Å². The number of halogens is 3. The lowest BCUT2D eigenvalue weighted by Gasteiger charge is -2.28. The standard InChI is InChI=1S/C24H29F3N6/c1-13-5-7-17(8-6-13)18-9-15(3)20(10-14(18)2)29-23-28-12-19(24(25,26)27)22(31-23)30-21-11-16(4)32-33-21/h9-13,17H,5-8H2,1-4H3,(H3,28,29,30,31,32,33)/t13-,17-. The minimum atomic E-state index is -4.60. The molecule has 0 spiro atoms. The average Bonchev–Trinajstić information content (AvgIpc) is 3.15.